The van der Waals surface area contributed by atoms with E-state index in [-0.39, 0.29) is 0 Å². The van der Waals surface area contributed by atoms with Crippen LogP contribution in [0.15, 0.2) is 22.7 Å². The van der Waals surface area contributed by atoms with Gasteiger partial charge in [-0.25, -0.2) is 0 Å². The molecule has 1 fully saturated rings. The molecule has 0 spiro atoms. The predicted octanol–water partition coefficient (Wildman–Crippen LogP) is 5.43. The maximum absolute atomic E-state index is 3.68. The normalized spacial score (nSPS) is 23.4. The topological polar surface area (TPSA) is 12.0 Å². The Hall–Kier alpha value is 0.230. The van der Waals surface area contributed by atoms with Gasteiger partial charge in [-0.3, -0.25) is 0 Å². The van der Waals surface area contributed by atoms with E-state index in [1.165, 1.54) is 39.4 Å². The van der Waals surface area contributed by atoms with E-state index in [0.29, 0.717) is 11.5 Å². The van der Waals surface area contributed by atoms with Crippen LogP contribution in [0.5, 0.6) is 0 Å². The summed E-state index contributed by atoms with van der Waals surface area (Å²) in [6.45, 7) is 4.76. The fourth-order valence-corrected chi connectivity index (χ4v) is 3.40. The molecule has 1 aromatic carbocycles. The summed E-state index contributed by atoms with van der Waals surface area (Å²) in [6, 6.07) is 7.13. The fourth-order valence-electron chi connectivity index (χ4n) is 2.64. The Morgan fingerprint density at radius 3 is 2.82 bits per heavy atom. The van der Waals surface area contributed by atoms with Crippen LogP contribution in [-0.2, 0) is 0 Å². The zero-order valence-corrected chi connectivity index (χ0v) is 14.1. The lowest BCUT2D eigenvalue weighted by atomic mass is 9.75. The summed E-state index contributed by atoms with van der Waals surface area (Å²) < 4.78 is 2.44. The van der Waals surface area contributed by atoms with E-state index < -0.39 is 0 Å². The molecule has 0 amide bonds. The van der Waals surface area contributed by atoms with E-state index in [9.17, 15) is 0 Å². The molecule has 1 saturated carbocycles. The molecular formula is C14H19BrIN. The predicted molar refractivity (Wildman–Crippen MR) is 86.5 cm³/mol. The largest absolute Gasteiger partial charge is 0.382 e. The smallest absolute Gasteiger partial charge is 0.0353 e. The molecule has 1 aliphatic carbocycles. The monoisotopic (exact) mass is 407 g/mol. The summed E-state index contributed by atoms with van der Waals surface area (Å²) in [6.07, 6.45) is 5.29. The number of anilines is 1. The van der Waals surface area contributed by atoms with Gasteiger partial charge in [-0.15, -0.1) is 0 Å². The minimum atomic E-state index is 0.498. The summed E-state index contributed by atoms with van der Waals surface area (Å²) in [5.74, 6) is 0. The van der Waals surface area contributed by atoms with Crippen LogP contribution >= 0.6 is 38.5 Å². The van der Waals surface area contributed by atoms with Crippen molar-refractivity contribution in [1.82, 2.24) is 0 Å². The van der Waals surface area contributed by atoms with Crippen molar-refractivity contribution in [2.75, 3.05) is 5.32 Å². The lowest BCUT2D eigenvalue weighted by Gasteiger charge is -2.36. The molecule has 2 rings (SSSR count). The second kappa shape index (κ2) is 5.47. The highest BCUT2D eigenvalue weighted by Gasteiger charge is 2.27. The van der Waals surface area contributed by atoms with E-state index in [1.807, 2.05) is 0 Å². The highest BCUT2D eigenvalue weighted by Crippen LogP contribution is 2.36. The van der Waals surface area contributed by atoms with Crippen LogP contribution < -0.4 is 5.32 Å². The molecule has 1 nitrogen and oxygen atoms in total. The molecule has 0 bridgehead atoms. The first-order valence-corrected chi connectivity index (χ1v) is 8.05. The summed E-state index contributed by atoms with van der Waals surface area (Å²) in [4.78, 5) is 0. The lowest BCUT2D eigenvalue weighted by Crippen LogP contribution is -2.31. The lowest BCUT2D eigenvalue weighted by molar-refractivity contribution is 0.229. The number of nitrogens with one attached hydrogen (secondary N) is 1. The van der Waals surface area contributed by atoms with Crippen molar-refractivity contribution >= 4 is 44.2 Å². The van der Waals surface area contributed by atoms with E-state index in [4.69, 9.17) is 0 Å². The van der Waals surface area contributed by atoms with Crippen LogP contribution in [0.4, 0.5) is 5.69 Å². The van der Waals surface area contributed by atoms with Crippen LogP contribution in [0.25, 0.3) is 0 Å². The number of benzene rings is 1. The van der Waals surface area contributed by atoms with Crippen LogP contribution in [0.1, 0.15) is 39.5 Å². The molecule has 1 N–H and O–H groups in total. The van der Waals surface area contributed by atoms with Gasteiger partial charge < -0.3 is 5.32 Å². The van der Waals surface area contributed by atoms with Crippen LogP contribution in [0.3, 0.4) is 0 Å². The van der Waals surface area contributed by atoms with Gasteiger partial charge in [0.2, 0.25) is 0 Å². The third kappa shape index (κ3) is 3.85. The molecule has 1 unspecified atom stereocenters. The van der Waals surface area contributed by atoms with Crippen molar-refractivity contribution < 1.29 is 0 Å². The van der Waals surface area contributed by atoms with Crippen molar-refractivity contribution in [3.63, 3.8) is 0 Å². The van der Waals surface area contributed by atoms with Gasteiger partial charge >= 0.3 is 0 Å². The molecule has 0 saturated heterocycles. The Bertz CT molecular complexity index is 403. The van der Waals surface area contributed by atoms with Gasteiger partial charge in [0, 0.05) is 19.8 Å². The molecule has 0 heterocycles. The standard InChI is InChI=1S/C14H19BrIN/c1-14(2)7-3-4-11(9-14)17-10-5-6-12(15)13(16)8-10/h5-6,8,11,17H,3-4,7,9H2,1-2H3. The van der Waals surface area contributed by atoms with Gasteiger partial charge in [0.05, 0.1) is 0 Å². The third-order valence-corrected chi connectivity index (χ3v) is 5.82. The molecule has 0 aromatic heterocycles. The highest BCUT2D eigenvalue weighted by molar-refractivity contribution is 14.1. The van der Waals surface area contributed by atoms with Crippen molar-refractivity contribution in [3.05, 3.63) is 26.2 Å². The van der Waals surface area contributed by atoms with Crippen LogP contribution in [0.2, 0.25) is 0 Å². The second-order valence-corrected chi connectivity index (χ2v) is 7.75. The third-order valence-electron chi connectivity index (χ3n) is 3.50. The molecule has 94 valence electrons. The van der Waals surface area contributed by atoms with E-state index >= 15 is 0 Å². The maximum Gasteiger partial charge on any atom is 0.0353 e. The summed E-state index contributed by atoms with van der Waals surface area (Å²) in [7, 11) is 0. The summed E-state index contributed by atoms with van der Waals surface area (Å²) in [5.41, 5.74) is 1.75. The second-order valence-electron chi connectivity index (χ2n) is 5.73. The Morgan fingerprint density at radius 1 is 1.41 bits per heavy atom. The number of halogens is 2. The van der Waals surface area contributed by atoms with E-state index in [1.54, 1.807) is 0 Å². The molecule has 0 radical (unpaired) electrons. The zero-order chi connectivity index (χ0) is 12.5. The highest BCUT2D eigenvalue weighted by atomic mass is 127. The van der Waals surface area contributed by atoms with Gasteiger partial charge in [0.1, 0.15) is 0 Å². The van der Waals surface area contributed by atoms with Gasteiger partial charge in [-0.05, 0) is 81.4 Å². The summed E-state index contributed by atoms with van der Waals surface area (Å²) in [5, 5.41) is 3.68. The Morgan fingerprint density at radius 2 is 2.18 bits per heavy atom. The van der Waals surface area contributed by atoms with Crippen LogP contribution in [-0.4, -0.2) is 6.04 Å². The molecule has 1 aromatic rings. The van der Waals surface area contributed by atoms with E-state index in [0.717, 1.165) is 0 Å². The van der Waals surface area contributed by atoms with Crippen molar-refractivity contribution in [2.24, 2.45) is 5.41 Å². The van der Waals surface area contributed by atoms with Gasteiger partial charge in [0.25, 0.3) is 0 Å². The maximum atomic E-state index is 3.68. The average molecular weight is 408 g/mol. The summed E-state index contributed by atoms with van der Waals surface area (Å²) >= 11 is 5.90. The zero-order valence-electron chi connectivity index (χ0n) is 10.4. The number of hydrogen-bond acceptors (Lipinski definition) is 1. The first-order valence-electron chi connectivity index (χ1n) is 6.18. The van der Waals surface area contributed by atoms with E-state index in [2.05, 4.69) is 75.9 Å². The molecule has 0 aliphatic heterocycles. The fraction of sp³-hybridized carbons (Fsp3) is 0.571. The van der Waals surface area contributed by atoms with Gasteiger partial charge in [0.15, 0.2) is 0 Å². The Balaban J connectivity index is 2.03. The van der Waals surface area contributed by atoms with Crippen molar-refractivity contribution in [2.45, 2.75) is 45.6 Å². The van der Waals surface area contributed by atoms with Crippen molar-refractivity contribution in [1.29, 1.82) is 0 Å². The van der Waals surface area contributed by atoms with Gasteiger partial charge in [-0.2, -0.15) is 0 Å². The quantitative estimate of drug-likeness (QED) is 0.644. The number of rotatable bonds is 2. The Kier molecular flexibility index (Phi) is 4.40. The average Bonchev–Trinajstić information content (AvgIpc) is 2.22. The minimum absolute atomic E-state index is 0.498. The molecular weight excluding hydrogens is 389 g/mol. The first kappa shape index (κ1) is 13.7. The molecule has 17 heavy (non-hydrogen) atoms. The van der Waals surface area contributed by atoms with Crippen LogP contribution in [0, 0.1) is 8.99 Å². The number of hydrogen-bond donors (Lipinski definition) is 1. The SMILES string of the molecule is CC1(C)CCCC(Nc2ccc(Br)c(I)c2)C1. The minimum Gasteiger partial charge on any atom is -0.382 e. The molecule has 1 atom stereocenters. The molecule has 3 heteroatoms. The Labute approximate surface area is 126 Å². The van der Waals surface area contributed by atoms with Crippen molar-refractivity contribution in [3.8, 4) is 0 Å². The molecule has 1 aliphatic rings. The first-order chi connectivity index (χ1) is 7.96. The van der Waals surface area contributed by atoms with Gasteiger partial charge in [-0.1, -0.05) is 20.3 Å².